The number of hydrogen-bond acceptors (Lipinski definition) is 5. The van der Waals surface area contributed by atoms with Gasteiger partial charge >= 0.3 is 0 Å². The fourth-order valence-electron chi connectivity index (χ4n) is 4.44. The molecule has 0 aromatic carbocycles. The number of amides is 1. The van der Waals surface area contributed by atoms with Crippen LogP contribution in [0.2, 0.25) is 0 Å². The average Bonchev–Trinajstić information content (AvgIpc) is 3.20. The van der Waals surface area contributed by atoms with E-state index < -0.39 is 0 Å². The number of fused-ring (bicyclic) bond motifs is 1. The molecule has 3 heterocycles. The van der Waals surface area contributed by atoms with E-state index in [1.54, 1.807) is 23.9 Å². The Morgan fingerprint density at radius 1 is 1.22 bits per heavy atom. The van der Waals surface area contributed by atoms with E-state index in [2.05, 4.69) is 29.9 Å². The van der Waals surface area contributed by atoms with Crippen LogP contribution in [-0.2, 0) is 13.0 Å². The summed E-state index contributed by atoms with van der Waals surface area (Å²) >= 11 is 0. The third-order valence-electron chi connectivity index (χ3n) is 6.38. The highest BCUT2D eigenvalue weighted by Gasteiger charge is 2.25. The van der Waals surface area contributed by atoms with Crippen molar-refractivity contribution >= 4 is 12.0 Å². The number of pyridine rings is 2. The number of piperazine rings is 1. The summed E-state index contributed by atoms with van der Waals surface area (Å²) in [6, 6.07) is 1.78. The standard InChI is InChI=1S/C25H32N4O3/c1-5-6-7-29-16-21(19-12-17(2)13-20(19)25(29)31)23-22(32-4)14-18(15-26-23)24(30)28-10-8-27(3)9-11-28/h12,14-16H,5-11,13H2,1-4H3. The molecular weight excluding hydrogens is 404 g/mol. The van der Waals surface area contributed by atoms with Gasteiger partial charge in [0.1, 0.15) is 11.4 Å². The number of aromatic nitrogens is 2. The molecule has 0 saturated carbocycles. The molecular formula is C25H32N4O3. The molecule has 1 amide bonds. The number of carbonyl (C=O) groups excluding carboxylic acids is 1. The van der Waals surface area contributed by atoms with Gasteiger partial charge in [-0.2, -0.15) is 0 Å². The molecule has 32 heavy (non-hydrogen) atoms. The highest BCUT2D eigenvalue weighted by Crippen LogP contribution is 2.36. The van der Waals surface area contributed by atoms with Gasteiger partial charge in [-0.1, -0.05) is 25.0 Å². The molecule has 1 fully saturated rings. The second kappa shape index (κ2) is 9.28. The Hall–Kier alpha value is -2.93. The number of likely N-dealkylation sites (N-methyl/N-ethyl adjacent to an activating group) is 1. The van der Waals surface area contributed by atoms with Gasteiger partial charge in [-0.25, -0.2) is 0 Å². The first kappa shape index (κ1) is 22.3. The normalized spacial score (nSPS) is 16.1. The largest absolute Gasteiger partial charge is 0.494 e. The minimum Gasteiger partial charge on any atom is -0.494 e. The van der Waals surface area contributed by atoms with E-state index >= 15 is 0 Å². The highest BCUT2D eigenvalue weighted by molar-refractivity contribution is 5.95. The summed E-state index contributed by atoms with van der Waals surface area (Å²) in [5.74, 6) is 0.523. The van der Waals surface area contributed by atoms with Crippen molar-refractivity contribution in [3.63, 3.8) is 0 Å². The van der Waals surface area contributed by atoms with Crippen molar-refractivity contribution in [3.8, 4) is 17.0 Å². The third-order valence-corrected chi connectivity index (χ3v) is 6.38. The Balaban J connectivity index is 1.74. The number of hydrogen-bond donors (Lipinski definition) is 0. The number of rotatable bonds is 6. The Morgan fingerprint density at radius 2 is 1.97 bits per heavy atom. The lowest BCUT2D eigenvalue weighted by atomic mass is 10.0. The number of unbranched alkanes of at least 4 members (excludes halogenated alkanes) is 1. The monoisotopic (exact) mass is 436 g/mol. The molecule has 0 atom stereocenters. The Bertz CT molecular complexity index is 1110. The van der Waals surface area contributed by atoms with Crippen molar-refractivity contribution in [2.45, 2.75) is 39.7 Å². The van der Waals surface area contributed by atoms with Crippen molar-refractivity contribution in [1.82, 2.24) is 19.4 Å². The quantitative estimate of drug-likeness (QED) is 0.696. The average molecular weight is 437 g/mol. The van der Waals surface area contributed by atoms with Crippen LogP contribution in [0.5, 0.6) is 5.75 Å². The van der Waals surface area contributed by atoms with Crippen molar-refractivity contribution in [3.05, 3.63) is 51.1 Å². The SMILES string of the molecule is CCCCn1cc(-c2ncc(C(=O)N3CCN(C)CC3)cc2OC)c2c(c1=O)CC(C)=C2. The lowest BCUT2D eigenvalue weighted by molar-refractivity contribution is 0.0663. The van der Waals surface area contributed by atoms with Crippen LogP contribution in [0, 0.1) is 0 Å². The minimum atomic E-state index is -0.0238. The highest BCUT2D eigenvalue weighted by atomic mass is 16.5. The molecule has 170 valence electrons. The van der Waals surface area contributed by atoms with Crippen LogP contribution < -0.4 is 10.3 Å². The van der Waals surface area contributed by atoms with Crippen LogP contribution in [-0.4, -0.2) is 65.6 Å². The summed E-state index contributed by atoms with van der Waals surface area (Å²) in [5.41, 5.74) is 5.04. The minimum absolute atomic E-state index is 0.0238. The number of allylic oxidation sites excluding steroid dienone is 1. The second-order valence-corrected chi connectivity index (χ2v) is 8.82. The van der Waals surface area contributed by atoms with E-state index in [0.29, 0.717) is 43.1 Å². The molecule has 2 aliphatic rings. The summed E-state index contributed by atoms with van der Waals surface area (Å²) in [7, 11) is 3.66. The van der Waals surface area contributed by atoms with E-state index in [0.717, 1.165) is 48.2 Å². The molecule has 0 unspecified atom stereocenters. The van der Waals surface area contributed by atoms with Crippen LogP contribution in [0.1, 0.15) is 48.2 Å². The predicted molar refractivity (Wildman–Crippen MR) is 126 cm³/mol. The van der Waals surface area contributed by atoms with Crippen molar-refractivity contribution < 1.29 is 9.53 Å². The fraction of sp³-hybridized carbons (Fsp3) is 0.480. The van der Waals surface area contributed by atoms with Crippen molar-refractivity contribution in [1.29, 1.82) is 0 Å². The first-order chi connectivity index (χ1) is 15.4. The molecule has 4 rings (SSSR count). The third kappa shape index (κ3) is 4.21. The zero-order valence-corrected chi connectivity index (χ0v) is 19.5. The van der Waals surface area contributed by atoms with E-state index in [-0.39, 0.29) is 11.5 Å². The zero-order chi connectivity index (χ0) is 22.8. The number of aryl methyl sites for hydroxylation is 1. The molecule has 2 aromatic rings. The van der Waals surface area contributed by atoms with Crippen molar-refractivity contribution in [2.75, 3.05) is 40.3 Å². The van der Waals surface area contributed by atoms with Crippen LogP contribution in [0.4, 0.5) is 0 Å². The maximum atomic E-state index is 13.0. The topological polar surface area (TPSA) is 67.7 Å². The van der Waals surface area contributed by atoms with Gasteiger partial charge in [0.25, 0.3) is 11.5 Å². The molecule has 0 radical (unpaired) electrons. The van der Waals surface area contributed by atoms with Crippen LogP contribution in [0.15, 0.2) is 28.8 Å². The fourth-order valence-corrected chi connectivity index (χ4v) is 4.44. The maximum absolute atomic E-state index is 13.0. The Labute approximate surface area is 189 Å². The van der Waals surface area contributed by atoms with Gasteiger partial charge in [0.15, 0.2) is 0 Å². The van der Waals surface area contributed by atoms with E-state index in [1.807, 2.05) is 18.0 Å². The van der Waals surface area contributed by atoms with E-state index in [9.17, 15) is 9.59 Å². The Morgan fingerprint density at radius 3 is 2.66 bits per heavy atom. The lowest BCUT2D eigenvalue weighted by Gasteiger charge is -2.32. The molecule has 0 spiro atoms. The number of ether oxygens (including phenoxy) is 1. The lowest BCUT2D eigenvalue weighted by Crippen LogP contribution is -2.47. The number of carbonyl (C=O) groups is 1. The van der Waals surface area contributed by atoms with E-state index in [1.165, 1.54) is 0 Å². The van der Waals surface area contributed by atoms with Gasteiger partial charge in [0.05, 0.1) is 12.7 Å². The predicted octanol–water partition coefficient (Wildman–Crippen LogP) is 3.07. The maximum Gasteiger partial charge on any atom is 0.255 e. The molecule has 0 N–H and O–H groups in total. The molecule has 1 saturated heterocycles. The van der Waals surface area contributed by atoms with Crippen LogP contribution >= 0.6 is 0 Å². The smallest absolute Gasteiger partial charge is 0.255 e. The van der Waals surface area contributed by atoms with Gasteiger partial charge in [0.2, 0.25) is 0 Å². The van der Waals surface area contributed by atoms with Crippen molar-refractivity contribution in [2.24, 2.45) is 0 Å². The van der Waals surface area contributed by atoms with Crippen LogP contribution in [0.3, 0.4) is 0 Å². The molecule has 2 aromatic heterocycles. The van der Waals surface area contributed by atoms with Gasteiger partial charge in [-0.15, -0.1) is 0 Å². The first-order valence-electron chi connectivity index (χ1n) is 11.4. The number of methoxy groups -OCH3 is 1. The zero-order valence-electron chi connectivity index (χ0n) is 19.5. The molecule has 7 heteroatoms. The molecule has 1 aliphatic heterocycles. The summed E-state index contributed by atoms with van der Waals surface area (Å²) in [6.45, 7) is 7.99. The van der Waals surface area contributed by atoms with E-state index in [4.69, 9.17) is 4.74 Å². The summed E-state index contributed by atoms with van der Waals surface area (Å²) < 4.78 is 7.48. The van der Waals surface area contributed by atoms with Gasteiger partial charge in [-0.05, 0) is 38.4 Å². The summed E-state index contributed by atoms with van der Waals surface area (Å²) in [6.07, 6.45) is 8.22. The summed E-state index contributed by atoms with van der Waals surface area (Å²) in [4.78, 5) is 34.8. The van der Waals surface area contributed by atoms with Crippen LogP contribution in [0.25, 0.3) is 17.3 Å². The molecule has 7 nitrogen and oxygen atoms in total. The Kier molecular flexibility index (Phi) is 6.46. The number of nitrogens with zero attached hydrogens (tertiary/aromatic N) is 4. The molecule has 0 bridgehead atoms. The first-order valence-corrected chi connectivity index (χ1v) is 11.4. The molecule has 1 aliphatic carbocycles. The summed E-state index contributed by atoms with van der Waals surface area (Å²) in [5, 5.41) is 0. The second-order valence-electron chi connectivity index (χ2n) is 8.82. The van der Waals surface area contributed by atoms with Gasteiger partial charge < -0.3 is 19.1 Å². The van der Waals surface area contributed by atoms with Gasteiger partial charge in [0, 0.05) is 56.2 Å². The van der Waals surface area contributed by atoms with Gasteiger partial charge in [-0.3, -0.25) is 14.6 Å².